The summed E-state index contributed by atoms with van der Waals surface area (Å²) in [6.45, 7) is 0. The van der Waals surface area contributed by atoms with E-state index in [1.165, 1.54) is 17.8 Å². The molecule has 14 heteroatoms. The molecular formula is C13H9BrN4O8S. The molecule has 12 nitrogen and oxygen atoms in total. The van der Waals surface area contributed by atoms with Gasteiger partial charge in [0.05, 0.1) is 14.9 Å². The van der Waals surface area contributed by atoms with Crippen molar-refractivity contribution in [2.45, 2.75) is 5.03 Å². The van der Waals surface area contributed by atoms with E-state index in [0.717, 1.165) is 18.5 Å². The van der Waals surface area contributed by atoms with Gasteiger partial charge in [0.2, 0.25) is 0 Å². The maximum absolute atomic E-state index is 10.7. The number of aromatic carboxylic acids is 2. The highest BCUT2D eigenvalue weighted by molar-refractivity contribution is 9.10. The summed E-state index contributed by atoms with van der Waals surface area (Å²) >= 11 is 4.14. The third-order valence-electron chi connectivity index (χ3n) is 2.77. The highest BCUT2D eigenvalue weighted by Crippen LogP contribution is 2.22. The number of aromatic nitrogens is 2. The summed E-state index contributed by atoms with van der Waals surface area (Å²) < 4.78 is 0.246. The minimum atomic E-state index is -1.35. The highest BCUT2D eigenvalue weighted by atomic mass is 79.9. The number of nitrogens with zero attached hydrogens (tertiary/aromatic N) is 4. The standard InChI is InChI=1S/C7H6N2O4S.C6H3BrN2O4/c1-14-6-2-4(7(10)11)5(3-8-6)9(12)13;7-5-1-3(6(10)11)4(2-8-5)9(12)13/h2-3H,1H3,(H,10,11);1-2H,(H,10,11). The van der Waals surface area contributed by atoms with Gasteiger partial charge in [-0.25, -0.2) is 19.6 Å². The van der Waals surface area contributed by atoms with Gasteiger partial charge in [-0.1, -0.05) is 0 Å². The molecule has 0 aliphatic carbocycles. The first-order chi connectivity index (χ1) is 12.6. The van der Waals surface area contributed by atoms with E-state index in [1.54, 1.807) is 6.26 Å². The zero-order valence-corrected chi connectivity index (χ0v) is 15.6. The van der Waals surface area contributed by atoms with Crippen molar-refractivity contribution < 1.29 is 29.6 Å². The number of carbonyl (C=O) groups is 2. The van der Waals surface area contributed by atoms with Crippen LogP contribution in [0.5, 0.6) is 0 Å². The first kappa shape index (κ1) is 21.9. The third-order valence-corrected chi connectivity index (χ3v) is 3.85. The molecule has 0 radical (unpaired) electrons. The Kier molecular flexibility index (Phi) is 7.74. The predicted octanol–water partition coefficient (Wildman–Crippen LogP) is 2.86. The van der Waals surface area contributed by atoms with Gasteiger partial charge in [-0.3, -0.25) is 20.2 Å². The molecule has 2 rings (SSSR count). The van der Waals surface area contributed by atoms with Gasteiger partial charge in [-0.15, -0.1) is 11.8 Å². The van der Waals surface area contributed by atoms with Crippen molar-refractivity contribution in [1.29, 1.82) is 0 Å². The molecule has 0 aromatic carbocycles. The molecule has 27 heavy (non-hydrogen) atoms. The number of thioether (sulfide) groups is 1. The smallest absolute Gasteiger partial charge is 0.342 e. The summed E-state index contributed by atoms with van der Waals surface area (Å²) in [4.78, 5) is 47.6. The lowest BCUT2D eigenvalue weighted by Crippen LogP contribution is -2.03. The Hall–Kier alpha value is -3.13. The Balaban J connectivity index is 0.000000271. The molecule has 0 saturated heterocycles. The fourth-order valence-electron chi connectivity index (χ4n) is 1.60. The SMILES string of the molecule is CSc1cc(C(=O)O)c([N+](=O)[O-])cn1.O=C(O)c1cc(Br)ncc1[N+](=O)[O-]. The van der Waals surface area contributed by atoms with E-state index in [-0.39, 0.29) is 15.7 Å². The lowest BCUT2D eigenvalue weighted by atomic mass is 10.2. The number of nitro groups is 2. The van der Waals surface area contributed by atoms with Crippen LogP contribution in [0.15, 0.2) is 34.2 Å². The van der Waals surface area contributed by atoms with Crippen LogP contribution in [0.25, 0.3) is 0 Å². The molecule has 0 aliphatic heterocycles. The number of carboxylic acids is 2. The molecule has 2 aromatic rings. The van der Waals surface area contributed by atoms with Crippen molar-refractivity contribution in [2.24, 2.45) is 0 Å². The Morgan fingerprint density at radius 1 is 1.00 bits per heavy atom. The first-order valence-corrected chi connectivity index (χ1v) is 8.55. The molecule has 2 heterocycles. The van der Waals surface area contributed by atoms with Gasteiger partial charge in [0.15, 0.2) is 0 Å². The van der Waals surface area contributed by atoms with Gasteiger partial charge in [-0.2, -0.15) is 0 Å². The van der Waals surface area contributed by atoms with Crippen molar-refractivity contribution in [3.05, 3.63) is 60.5 Å². The lowest BCUT2D eigenvalue weighted by molar-refractivity contribution is -0.385. The first-order valence-electron chi connectivity index (χ1n) is 6.53. The van der Waals surface area contributed by atoms with Gasteiger partial charge in [0.25, 0.3) is 0 Å². The summed E-state index contributed by atoms with van der Waals surface area (Å²) in [6, 6.07) is 2.27. The predicted molar refractivity (Wildman–Crippen MR) is 95.2 cm³/mol. The maximum atomic E-state index is 10.7. The molecule has 0 aliphatic rings. The molecule has 0 unspecified atom stereocenters. The van der Waals surface area contributed by atoms with E-state index < -0.39 is 33.2 Å². The quantitative estimate of drug-likeness (QED) is 0.288. The van der Waals surface area contributed by atoms with E-state index in [1.807, 2.05) is 0 Å². The molecule has 0 saturated carbocycles. The molecule has 2 N–H and O–H groups in total. The molecule has 2 aromatic heterocycles. The second-order valence-corrected chi connectivity index (χ2v) is 6.03. The fraction of sp³-hybridized carbons (Fsp3) is 0.0769. The van der Waals surface area contributed by atoms with Crippen LogP contribution >= 0.6 is 27.7 Å². The van der Waals surface area contributed by atoms with Crippen LogP contribution in [0.1, 0.15) is 20.7 Å². The Morgan fingerprint density at radius 3 is 1.85 bits per heavy atom. The lowest BCUT2D eigenvalue weighted by Gasteiger charge is -1.99. The van der Waals surface area contributed by atoms with Gasteiger partial charge < -0.3 is 10.2 Å². The largest absolute Gasteiger partial charge is 0.477 e. The van der Waals surface area contributed by atoms with Crippen molar-refractivity contribution >= 4 is 51.0 Å². The van der Waals surface area contributed by atoms with E-state index >= 15 is 0 Å². The third kappa shape index (κ3) is 5.96. The molecule has 0 fully saturated rings. The second-order valence-electron chi connectivity index (χ2n) is 4.39. The summed E-state index contributed by atoms with van der Waals surface area (Å²) in [5.41, 5.74) is -1.73. The van der Waals surface area contributed by atoms with Crippen molar-refractivity contribution in [3.63, 3.8) is 0 Å². The molecule has 0 spiro atoms. The summed E-state index contributed by atoms with van der Waals surface area (Å²) in [5, 5.41) is 38.5. The van der Waals surface area contributed by atoms with Crippen molar-refractivity contribution in [3.8, 4) is 0 Å². The van der Waals surface area contributed by atoms with Crippen LogP contribution in [-0.2, 0) is 0 Å². The second kappa shape index (κ2) is 9.54. The van der Waals surface area contributed by atoms with Gasteiger partial charge in [-0.05, 0) is 34.3 Å². The van der Waals surface area contributed by atoms with E-state index in [2.05, 4.69) is 25.9 Å². The van der Waals surface area contributed by atoms with E-state index in [0.29, 0.717) is 5.03 Å². The molecular weight excluding hydrogens is 452 g/mol. The van der Waals surface area contributed by atoms with E-state index in [9.17, 15) is 29.8 Å². The number of pyridine rings is 2. The fourth-order valence-corrected chi connectivity index (χ4v) is 2.32. The number of hydrogen-bond acceptors (Lipinski definition) is 9. The number of hydrogen-bond donors (Lipinski definition) is 2. The number of rotatable bonds is 5. The summed E-state index contributed by atoms with van der Waals surface area (Å²) in [6.07, 6.45) is 3.56. The van der Waals surface area contributed by atoms with Crippen molar-refractivity contribution in [1.82, 2.24) is 9.97 Å². The van der Waals surface area contributed by atoms with Crippen LogP contribution in [0, 0.1) is 20.2 Å². The van der Waals surface area contributed by atoms with Gasteiger partial charge >= 0.3 is 23.3 Å². The van der Waals surface area contributed by atoms with Gasteiger partial charge in [0, 0.05) is 0 Å². The van der Waals surface area contributed by atoms with Crippen LogP contribution in [0.3, 0.4) is 0 Å². The molecule has 0 amide bonds. The topological polar surface area (TPSA) is 187 Å². The Bertz CT molecular complexity index is 923. The van der Waals surface area contributed by atoms with E-state index in [4.69, 9.17) is 10.2 Å². The van der Waals surface area contributed by atoms with Crippen LogP contribution in [0.4, 0.5) is 11.4 Å². The minimum absolute atomic E-state index is 0.246. The minimum Gasteiger partial charge on any atom is -0.477 e. The average molecular weight is 461 g/mol. The molecule has 0 bridgehead atoms. The zero-order chi connectivity index (χ0) is 20.7. The Morgan fingerprint density at radius 2 is 1.44 bits per heavy atom. The molecule has 0 atom stereocenters. The normalized spacial score (nSPS) is 9.70. The summed E-state index contributed by atoms with van der Waals surface area (Å²) in [7, 11) is 0. The zero-order valence-electron chi connectivity index (χ0n) is 13.2. The average Bonchev–Trinajstić information content (AvgIpc) is 2.61. The number of carboxylic acid groups (broad SMARTS) is 2. The molecule has 142 valence electrons. The monoisotopic (exact) mass is 460 g/mol. The highest BCUT2D eigenvalue weighted by Gasteiger charge is 2.21. The van der Waals surface area contributed by atoms with Crippen LogP contribution in [-0.4, -0.2) is 48.2 Å². The number of halogens is 1. The Labute approximate surface area is 162 Å². The summed E-state index contributed by atoms with van der Waals surface area (Å²) in [5.74, 6) is -2.68. The van der Waals surface area contributed by atoms with Crippen LogP contribution in [0.2, 0.25) is 0 Å². The maximum Gasteiger partial charge on any atom is 0.342 e. The van der Waals surface area contributed by atoms with Crippen molar-refractivity contribution in [2.75, 3.05) is 6.26 Å². The van der Waals surface area contributed by atoms with Gasteiger partial charge in [0.1, 0.15) is 28.1 Å². The van der Waals surface area contributed by atoms with Crippen LogP contribution < -0.4 is 0 Å².